The lowest BCUT2D eigenvalue weighted by atomic mass is 10.1. The van der Waals surface area contributed by atoms with E-state index in [0.29, 0.717) is 22.1 Å². The van der Waals surface area contributed by atoms with Crippen LogP contribution in [0.5, 0.6) is 0 Å². The molecule has 0 aliphatic heterocycles. The Labute approximate surface area is 164 Å². The van der Waals surface area contributed by atoms with Crippen molar-refractivity contribution in [3.63, 3.8) is 0 Å². The Morgan fingerprint density at radius 1 is 1.22 bits per heavy atom. The second-order valence-corrected chi connectivity index (χ2v) is 7.48. The van der Waals surface area contributed by atoms with Gasteiger partial charge in [0.1, 0.15) is 5.52 Å². The molecule has 0 unspecified atom stereocenters. The van der Waals surface area contributed by atoms with Gasteiger partial charge in [0.05, 0.1) is 6.42 Å². The summed E-state index contributed by atoms with van der Waals surface area (Å²) in [5.74, 6) is -0.561. The normalized spacial score (nSPS) is 11.1. The molecule has 1 amide bonds. The molecule has 3 aromatic rings. The Morgan fingerprint density at radius 2 is 1.96 bits per heavy atom. The van der Waals surface area contributed by atoms with Crippen molar-refractivity contribution in [2.75, 3.05) is 19.4 Å². The van der Waals surface area contributed by atoms with Gasteiger partial charge in [0, 0.05) is 28.3 Å². The van der Waals surface area contributed by atoms with Crippen LogP contribution in [0.25, 0.3) is 10.9 Å². The molecule has 0 aliphatic carbocycles. The lowest BCUT2D eigenvalue weighted by Crippen LogP contribution is -2.15. The number of hydrogen-bond acceptors (Lipinski definition) is 5. The van der Waals surface area contributed by atoms with Crippen LogP contribution in [0.4, 0.5) is 16.0 Å². The van der Waals surface area contributed by atoms with Crippen LogP contribution < -0.4 is 11.1 Å². The zero-order chi connectivity index (χ0) is 19.6. The highest BCUT2D eigenvalue weighted by molar-refractivity contribution is 9.10. The number of fused-ring (bicyclic) bond motifs is 1. The van der Waals surface area contributed by atoms with Gasteiger partial charge in [-0.15, -0.1) is 0 Å². The molecule has 140 valence electrons. The van der Waals surface area contributed by atoms with Gasteiger partial charge in [-0.05, 0) is 49.5 Å². The molecule has 1 aromatic heterocycles. The Bertz CT molecular complexity index is 1010. The van der Waals surface area contributed by atoms with Crippen LogP contribution >= 0.6 is 15.9 Å². The van der Waals surface area contributed by atoms with Crippen molar-refractivity contribution in [3.05, 3.63) is 57.9 Å². The lowest BCUT2D eigenvalue weighted by Gasteiger charge is -2.14. The molecule has 0 bridgehead atoms. The molecule has 0 saturated carbocycles. The number of carbonyl (C=O) groups excluding carboxylic acids is 1. The minimum absolute atomic E-state index is 0.136. The molecular formula is C19H19BrFN5O. The summed E-state index contributed by atoms with van der Waals surface area (Å²) >= 11 is 3.26. The van der Waals surface area contributed by atoms with Gasteiger partial charge in [-0.1, -0.05) is 22.0 Å². The van der Waals surface area contributed by atoms with Gasteiger partial charge in [0.15, 0.2) is 5.82 Å². The third kappa shape index (κ3) is 4.99. The van der Waals surface area contributed by atoms with Crippen LogP contribution in [0.3, 0.4) is 0 Å². The van der Waals surface area contributed by atoms with Gasteiger partial charge in [0.2, 0.25) is 11.9 Å². The van der Waals surface area contributed by atoms with Gasteiger partial charge in [-0.2, -0.15) is 0 Å². The van der Waals surface area contributed by atoms with Crippen molar-refractivity contribution in [2.24, 2.45) is 5.73 Å². The summed E-state index contributed by atoms with van der Waals surface area (Å²) in [6.07, 6.45) is 1.70. The number of rotatable bonds is 6. The first-order valence-electron chi connectivity index (χ1n) is 8.25. The zero-order valence-corrected chi connectivity index (χ0v) is 16.5. The molecule has 0 radical (unpaired) electrons. The summed E-state index contributed by atoms with van der Waals surface area (Å²) in [6.45, 7) is 0.697. The van der Waals surface area contributed by atoms with Crippen molar-refractivity contribution in [1.29, 1.82) is 0 Å². The number of halogens is 2. The predicted octanol–water partition coefficient (Wildman–Crippen LogP) is 3.36. The average Bonchev–Trinajstić information content (AvgIpc) is 2.54. The van der Waals surface area contributed by atoms with Gasteiger partial charge in [-0.3, -0.25) is 4.79 Å². The minimum Gasteiger partial charge on any atom is -0.369 e. The number of amides is 1. The summed E-state index contributed by atoms with van der Waals surface area (Å²) in [5.41, 5.74) is 8.08. The second kappa shape index (κ2) is 7.98. The molecule has 6 nitrogen and oxygen atoms in total. The number of carbonyl (C=O) groups is 1. The smallest absolute Gasteiger partial charge is 0.227 e. The SMILES string of the molecule is CN(C)Cc1cc(CC(N)=O)cc(Nc2ncc3cc(Br)cc(F)c3n2)c1. The first-order valence-corrected chi connectivity index (χ1v) is 9.04. The van der Waals surface area contributed by atoms with E-state index in [9.17, 15) is 9.18 Å². The molecule has 0 saturated heterocycles. The summed E-state index contributed by atoms with van der Waals surface area (Å²) in [7, 11) is 3.92. The maximum atomic E-state index is 14.2. The number of hydrogen-bond donors (Lipinski definition) is 2. The highest BCUT2D eigenvalue weighted by atomic mass is 79.9. The molecule has 0 spiro atoms. The monoisotopic (exact) mass is 431 g/mol. The van der Waals surface area contributed by atoms with Crippen molar-refractivity contribution < 1.29 is 9.18 Å². The number of benzene rings is 2. The molecule has 2 aromatic carbocycles. The number of anilines is 2. The predicted molar refractivity (Wildman–Crippen MR) is 107 cm³/mol. The van der Waals surface area contributed by atoms with E-state index in [1.165, 1.54) is 6.07 Å². The van der Waals surface area contributed by atoms with Crippen LogP contribution in [0, 0.1) is 5.82 Å². The summed E-state index contributed by atoms with van der Waals surface area (Å²) in [4.78, 5) is 21.9. The highest BCUT2D eigenvalue weighted by Gasteiger charge is 2.09. The Morgan fingerprint density at radius 3 is 2.67 bits per heavy atom. The molecule has 0 atom stereocenters. The Hall–Kier alpha value is -2.58. The summed E-state index contributed by atoms with van der Waals surface area (Å²) in [6, 6.07) is 8.81. The maximum absolute atomic E-state index is 14.2. The highest BCUT2D eigenvalue weighted by Crippen LogP contribution is 2.24. The molecule has 3 rings (SSSR count). The Kier molecular flexibility index (Phi) is 5.67. The van der Waals surface area contributed by atoms with Gasteiger partial charge in [-0.25, -0.2) is 14.4 Å². The number of nitrogens with two attached hydrogens (primary N) is 1. The lowest BCUT2D eigenvalue weighted by molar-refractivity contribution is -0.117. The molecular weight excluding hydrogens is 413 g/mol. The molecule has 1 heterocycles. The number of nitrogens with zero attached hydrogens (tertiary/aromatic N) is 3. The quantitative estimate of drug-likeness (QED) is 0.624. The second-order valence-electron chi connectivity index (χ2n) is 6.56. The summed E-state index contributed by atoms with van der Waals surface area (Å²) in [5, 5.41) is 3.69. The number of aromatic nitrogens is 2. The molecule has 27 heavy (non-hydrogen) atoms. The van der Waals surface area contributed by atoms with E-state index in [0.717, 1.165) is 11.1 Å². The topological polar surface area (TPSA) is 84.1 Å². The first-order chi connectivity index (χ1) is 12.8. The van der Waals surface area contributed by atoms with E-state index in [2.05, 4.69) is 31.2 Å². The van der Waals surface area contributed by atoms with Gasteiger partial charge >= 0.3 is 0 Å². The largest absolute Gasteiger partial charge is 0.369 e. The van der Waals surface area contributed by atoms with Crippen LogP contribution in [0.15, 0.2) is 41.0 Å². The standard InChI is InChI=1S/C19H19BrFN5O/c1-26(2)10-12-3-11(6-17(22)27)4-15(5-12)24-19-23-9-13-7-14(20)8-16(21)18(13)25-19/h3-5,7-9H,6,10H2,1-2H3,(H2,22,27)(H,23,24,25). The van der Waals surface area contributed by atoms with E-state index in [4.69, 9.17) is 5.73 Å². The van der Waals surface area contributed by atoms with Crippen LogP contribution in [0.1, 0.15) is 11.1 Å². The van der Waals surface area contributed by atoms with Crippen molar-refractivity contribution in [3.8, 4) is 0 Å². The van der Waals surface area contributed by atoms with Crippen molar-refractivity contribution in [1.82, 2.24) is 14.9 Å². The zero-order valence-electron chi connectivity index (χ0n) is 15.0. The fourth-order valence-corrected chi connectivity index (χ4v) is 3.30. The van der Waals surface area contributed by atoms with Gasteiger partial charge in [0.25, 0.3) is 0 Å². The van der Waals surface area contributed by atoms with E-state index in [1.54, 1.807) is 12.3 Å². The fourth-order valence-electron chi connectivity index (χ4n) is 2.85. The van der Waals surface area contributed by atoms with Crippen LogP contribution in [0.2, 0.25) is 0 Å². The average molecular weight is 432 g/mol. The Balaban J connectivity index is 1.96. The summed E-state index contributed by atoms with van der Waals surface area (Å²) < 4.78 is 14.8. The van der Waals surface area contributed by atoms with E-state index in [-0.39, 0.29) is 17.9 Å². The fraction of sp³-hybridized carbons (Fsp3) is 0.211. The molecule has 0 fully saturated rings. The molecule has 3 N–H and O–H groups in total. The number of primary amides is 1. The maximum Gasteiger partial charge on any atom is 0.227 e. The minimum atomic E-state index is -0.430. The number of nitrogens with one attached hydrogen (secondary N) is 1. The van der Waals surface area contributed by atoms with Gasteiger partial charge < -0.3 is 16.0 Å². The van der Waals surface area contributed by atoms with Crippen LogP contribution in [-0.2, 0) is 17.8 Å². The van der Waals surface area contributed by atoms with E-state index >= 15 is 0 Å². The molecule has 8 heteroatoms. The van der Waals surface area contributed by atoms with Crippen molar-refractivity contribution >= 4 is 44.4 Å². The van der Waals surface area contributed by atoms with Crippen LogP contribution in [-0.4, -0.2) is 34.9 Å². The third-order valence-electron chi connectivity index (χ3n) is 3.79. The first kappa shape index (κ1) is 19.2. The van der Waals surface area contributed by atoms with E-state index < -0.39 is 11.7 Å². The third-order valence-corrected chi connectivity index (χ3v) is 4.25. The van der Waals surface area contributed by atoms with Crippen molar-refractivity contribution in [2.45, 2.75) is 13.0 Å². The molecule has 0 aliphatic rings. The van der Waals surface area contributed by atoms with E-state index in [1.807, 2.05) is 37.2 Å².